The molecule has 5 rings (SSSR count). The zero-order valence-electron chi connectivity index (χ0n) is 13.2. The Kier molecular flexibility index (Phi) is 3.21. The summed E-state index contributed by atoms with van der Waals surface area (Å²) < 4.78 is 7.10. The molecule has 0 amide bonds. The normalized spacial score (nSPS) is 21.7. The molecule has 7 heteroatoms. The molecule has 1 atom stereocenters. The van der Waals surface area contributed by atoms with E-state index in [9.17, 15) is 0 Å². The van der Waals surface area contributed by atoms with Crippen LogP contribution in [0.4, 0.5) is 11.8 Å². The number of hydrogen-bond acceptors (Lipinski definition) is 6. The number of fused-ring (bicyclic) bond motifs is 4. The Hall–Kier alpha value is -1.86. The van der Waals surface area contributed by atoms with Gasteiger partial charge in [-0.1, -0.05) is 15.9 Å². The summed E-state index contributed by atoms with van der Waals surface area (Å²) in [4.78, 5) is 13.9. The zero-order chi connectivity index (χ0) is 16.3. The predicted molar refractivity (Wildman–Crippen MR) is 98.2 cm³/mol. The Balaban J connectivity index is 1.66. The molecular weight excluding hydrogens is 370 g/mol. The summed E-state index contributed by atoms with van der Waals surface area (Å²) in [6, 6.07) is 6.56. The van der Waals surface area contributed by atoms with Gasteiger partial charge in [0.05, 0.1) is 0 Å². The molecule has 0 bridgehead atoms. The highest BCUT2D eigenvalue weighted by molar-refractivity contribution is 9.10. The smallest absolute Gasteiger partial charge is 0.222 e. The second kappa shape index (κ2) is 5.32. The van der Waals surface area contributed by atoms with E-state index in [1.54, 1.807) is 0 Å². The van der Waals surface area contributed by atoms with Crippen molar-refractivity contribution >= 4 is 49.8 Å². The van der Waals surface area contributed by atoms with Gasteiger partial charge in [-0.3, -0.25) is 4.90 Å². The Morgan fingerprint density at radius 3 is 3.04 bits per heavy atom. The lowest BCUT2D eigenvalue weighted by molar-refractivity contribution is 0.230. The number of halogens is 1. The Labute approximate surface area is 147 Å². The van der Waals surface area contributed by atoms with Crippen LogP contribution in [0.15, 0.2) is 27.1 Å². The number of rotatable bonds is 1. The first-order valence-corrected chi connectivity index (χ1v) is 9.12. The number of aromatic nitrogens is 2. The first-order valence-electron chi connectivity index (χ1n) is 8.33. The maximum Gasteiger partial charge on any atom is 0.222 e. The SMILES string of the molecule is Nc1nc(N2CCN3CCCC3C2)c2oc3ccc(Br)cc3c2n1. The van der Waals surface area contributed by atoms with E-state index in [0.29, 0.717) is 12.0 Å². The molecule has 2 aromatic heterocycles. The first kappa shape index (κ1) is 14.5. The summed E-state index contributed by atoms with van der Waals surface area (Å²) in [5.74, 6) is 1.13. The molecule has 0 aliphatic carbocycles. The number of furan rings is 1. The molecule has 2 aliphatic heterocycles. The van der Waals surface area contributed by atoms with Crippen LogP contribution in [0.3, 0.4) is 0 Å². The molecule has 2 aliphatic rings. The minimum Gasteiger partial charge on any atom is -0.450 e. The molecule has 0 spiro atoms. The third-order valence-electron chi connectivity index (χ3n) is 5.16. The number of nitrogen functional groups attached to an aromatic ring is 1. The van der Waals surface area contributed by atoms with Crippen molar-refractivity contribution in [3.63, 3.8) is 0 Å². The van der Waals surface area contributed by atoms with E-state index >= 15 is 0 Å². The van der Waals surface area contributed by atoms with Gasteiger partial charge in [0.25, 0.3) is 0 Å². The summed E-state index contributed by atoms with van der Waals surface area (Å²) in [6.07, 6.45) is 2.55. The van der Waals surface area contributed by atoms with Crippen LogP contribution in [0.5, 0.6) is 0 Å². The highest BCUT2D eigenvalue weighted by Gasteiger charge is 2.32. The minimum absolute atomic E-state index is 0.300. The first-order chi connectivity index (χ1) is 11.7. The molecule has 0 saturated carbocycles. The van der Waals surface area contributed by atoms with Crippen molar-refractivity contribution in [2.45, 2.75) is 18.9 Å². The van der Waals surface area contributed by atoms with E-state index in [2.05, 4.69) is 35.7 Å². The van der Waals surface area contributed by atoms with E-state index in [0.717, 1.165) is 52.0 Å². The molecule has 0 radical (unpaired) electrons. The predicted octanol–water partition coefficient (Wildman–Crippen LogP) is 3.01. The standard InChI is InChI=1S/C17H18BrN5O/c18-10-3-4-13-12(8-10)14-15(24-13)16(21-17(19)20-14)23-7-6-22-5-1-2-11(22)9-23/h3-4,8,11H,1-2,5-7,9H2,(H2,19,20,21). The van der Waals surface area contributed by atoms with Gasteiger partial charge in [0.15, 0.2) is 11.4 Å². The van der Waals surface area contributed by atoms with E-state index in [4.69, 9.17) is 10.2 Å². The van der Waals surface area contributed by atoms with Crippen molar-refractivity contribution in [1.29, 1.82) is 0 Å². The molecule has 6 nitrogen and oxygen atoms in total. The van der Waals surface area contributed by atoms with Gasteiger partial charge in [-0.25, -0.2) is 4.98 Å². The minimum atomic E-state index is 0.300. The summed E-state index contributed by atoms with van der Waals surface area (Å²) in [6.45, 7) is 4.22. The molecule has 1 unspecified atom stereocenters. The van der Waals surface area contributed by atoms with Crippen LogP contribution in [0.2, 0.25) is 0 Å². The van der Waals surface area contributed by atoms with E-state index in [1.807, 2.05) is 18.2 Å². The fraction of sp³-hybridized carbons (Fsp3) is 0.412. The highest BCUT2D eigenvalue weighted by Crippen LogP contribution is 2.36. The number of anilines is 2. The summed E-state index contributed by atoms with van der Waals surface area (Å²) in [5, 5.41) is 0.967. The Morgan fingerprint density at radius 1 is 1.21 bits per heavy atom. The number of benzene rings is 1. The fourth-order valence-electron chi connectivity index (χ4n) is 4.02. The van der Waals surface area contributed by atoms with E-state index < -0.39 is 0 Å². The van der Waals surface area contributed by atoms with Crippen molar-refractivity contribution in [2.75, 3.05) is 36.8 Å². The Bertz CT molecular complexity index is 940. The maximum absolute atomic E-state index is 6.10. The number of hydrogen-bond donors (Lipinski definition) is 1. The van der Waals surface area contributed by atoms with Crippen molar-refractivity contribution in [1.82, 2.24) is 14.9 Å². The van der Waals surface area contributed by atoms with Crippen LogP contribution in [-0.4, -0.2) is 47.1 Å². The van der Waals surface area contributed by atoms with Gasteiger partial charge in [-0.2, -0.15) is 4.98 Å². The van der Waals surface area contributed by atoms with Crippen molar-refractivity contribution in [3.05, 3.63) is 22.7 Å². The van der Waals surface area contributed by atoms with Crippen LogP contribution >= 0.6 is 15.9 Å². The quantitative estimate of drug-likeness (QED) is 0.691. The molecular formula is C17H18BrN5O. The number of nitrogens with zero attached hydrogens (tertiary/aromatic N) is 4. The molecule has 2 saturated heterocycles. The number of piperazine rings is 1. The second-order valence-corrected chi connectivity index (χ2v) is 7.52. The van der Waals surface area contributed by atoms with Crippen molar-refractivity contribution in [3.8, 4) is 0 Å². The monoisotopic (exact) mass is 387 g/mol. The maximum atomic E-state index is 6.10. The highest BCUT2D eigenvalue weighted by atomic mass is 79.9. The van der Waals surface area contributed by atoms with Gasteiger partial charge in [-0.05, 0) is 37.6 Å². The summed E-state index contributed by atoms with van der Waals surface area (Å²) in [7, 11) is 0. The lowest BCUT2D eigenvalue weighted by Gasteiger charge is -2.38. The van der Waals surface area contributed by atoms with E-state index in [-0.39, 0.29) is 0 Å². The molecule has 124 valence electrons. The van der Waals surface area contributed by atoms with Gasteiger partial charge in [0, 0.05) is 35.5 Å². The topological polar surface area (TPSA) is 71.4 Å². The van der Waals surface area contributed by atoms with Crippen molar-refractivity contribution < 1.29 is 4.42 Å². The van der Waals surface area contributed by atoms with Gasteiger partial charge in [0.2, 0.25) is 5.95 Å². The lowest BCUT2D eigenvalue weighted by Crippen LogP contribution is -2.50. The van der Waals surface area contributed by atoms with Gasteiger partial charge < -0.3 is 15.1 Å². The second-order valence-electron chi connectivity index (χ2n) is 6.60. The van der Waals surface area contributed by atoms with Crippen LogP contribution in [0, 0.1) is 0 Å². The average molecular weight is 388 g/mol. The van der Waals surface area contributed by atoms with Gasteiger partial charge >= 0.3 is 0 Å². The summed E-state index contributed by atoms with van der Waals surface area (Å²) in [5.41, 5.74) is 8.36. The number of nitrogens with two attached hydrogens (primary N) is 1. The Morgan fingerprint density at radius 2 is 2.12 bits per heavy atom. The molecule has 3 aromatic rings. The third kappa shape index (κ3) is 2.18. The van der Waals surface area contributed by atoms with Crippen LogP contribution < -0.4 is 10.6 Å². The zero-order valence-corrected chi connectivity index (χ0v) is 14.8. The fourth-order valence-corrected chi connectivity index (χ4v) is 4.38. The largest absolute Gasteiger partial charge is 0.450 e. The molecule has 1 aromatic carbocycles. The van der Waals surface area contributed by atoms with Crippen LogP contribution in [0.25, 0.3) is 22.1 Å². The molecule has 4 heterocycles. The molecule has 2 N–H and O–H groups in total. The average Bonchev–Trinajstić information content (AvgIpc) is 3.18. The van der Waals surface area contributed by atoms with Gasteiger partial charge in [-0.15, -0.1) is 0 Å². The molecule has 2 fully saturated rings. The lowest BCUT2D eigenvalue weighted by atomic mass is 10.1. The van der Waals surface area contributed by atoms with E-state index in [1.165, 1.54) is 19.4 Å². The van der Waals surface area contributed by atoms with Crippen molar-refractivity contribution in [2.24, 2.45) is 0 Å². The third-order valence-corrected chi connectivity index (χ3v) is 5.65. The van der Waals surface area contributed by atoms with Crippen LogP contribution in [-0.2, 0) is 0 Å². The van der Waals surface area contributed by atoms with Gasteiger partial charge in [0.1, 0.15) is 11.1 Å². The summed E-state index contributed by atoms with van der Waals surface area (Å²) >= 11 is 3.51. The van der Waals surface area contributed by atoms with Crippen LogP contribution in [0.1, 0.15) is 12.8 Å². The molecule has 24 heavy (non-hydrogen) atoms.